The van der Waals surface area contributed by atoms with Crippen LogP contribution in [0.1, 0.15) is 35.2 Å². The Balaban J connectivity index is 1.80. The maximum atomic E-state index is 12.4. The van der Waals surface area contributed by atoms with Gasteiger partial charge in [-0.25, -0.2) is 10.5 Å². The van der Waals surface area contributed by atoms with Crippen LogP contribution >= 0.6 is 0 Å². The highest BCUT2D eigenvalue weighted by atomic mass is 16.2. The van der Waals surface area contributed by atoms with Crippen LogP contribution in [0, 0.1) is 5.53 Å². The molecule has 0 spiro atoms. The standard InChI is InChI=1S/C20H25N7O2/c1-14(15-6-5-10-23-12-15)24-11-4-3-7-17(20(29)22-2)26-19(28)16-8-9-18(27-21)25-13-16/h5-6,8-10,12-13,17,21,24H,1,3-4,7,11H2,2H3,(H,22,29)(H,26,28). The number of unbranched alkanes of at least 4 members (excludes halogenated alkanes) is 1. The van der Waals surface area contributed by atoms with Crippen molar-refractivity contribution in [2.75, 3.05) is 13.6 Å². The average Bonchev–Trinajstić information content (AvgIpc) is 2.77. The fourth-order valence-corrected chi connectivity index (χ4v) is 2.63. The molecule has 2 amide bonds. The smallest absolute Gasteiger partial charge is 0.253 e. The van der Waals surface area contributed by atoms with Crippen LogP contribution in [0.2, 0.25) is 0 Å². The van der Waals surface area contributed by atoms with Gasteiger partial charge >= 0.3 is 0 Å². The summed E-state index contributed by atoms with van der Waals surface area (Å²) in [4.78, 5) is 32.4. The Hall–Kier alpha value is -3.62. The summed E-state index contributed by atoms with van der Waals surface area (Å²) < 4.78 is 0. The second-order valence-electron chi connectivity index (χ2n) is 6.30. The lowest BCUT2D eigenvalue weighted by Gasteiger charge is -2.17. The van der Waals surface area contributed by atoms with Crippen molar-refractivity contribution in [2.24, 2.45) is 5.11 Å². The maximum absolute atomic E-state index is 12.4. The Morgan fingerprint density at radius 2 is 2.03 bits per heavy atom. The SMILES string of the molecule is C=C(NCCCCC(NC(=O)c1ccc(N=N)nc1)C(=O)NC)c1cccnc1. The van der Waals surface area contributed by atoms with Gasteiger partial charge in [-0.05, 0) is 43.5 Å². The van der Waals surface area contributed by atoms with Crippen molar-refractivity contribution in [1.82, 2.24) is 25.9 Å². The van der Waals surface area contributed by atoms with E-state index in [0.717, 1.165) is 24.1 Å². The van der Waals surface area contributed by atoms with Crippen LogP contribution in [-0.2, 0) is 4.79 Å². The summed E-state index contributed by atoms with van der Waals surface area (Å²) in [6.07, 6.45) is 6.83. The summed E-state index contributed by atoms with van der Waals surface area (Å²) in [5, 5.41) is 11.7. The molecule has 0 radical (unpaired) electrons. The summed E-state index contributed by atoms with van der Waals surface area (Å²) in [5.74, 6) is -0.438. The van der Waals surface area contributed by atoms with E-state index in [4.69, 9.17) is 5.53 Å². The number of pyridine rings is 2. The molecular formula is C20H25N7O2. The number of carbonyl (C=O) groups is 2. The summed E-state index contributed by atoms with van der Waals surface area (Å²) in [6, 6.07) is 6.12. The first-order chi connectivity index (χ1) is 14.0. The van der Waals surface area contributed by atoms with Gasteiger partial charge in [0.1, 0.15) is 6.04 Å². The largest absolute Gasteiger partial charge is 0.385 e. The van der Waals surface area contributed by atoms with Gasteiger partial charge in [-0.15, -0.1) is 5.11 Å². The zero-order valence-corrected chi connectivity index (χ0v) is 16.3. The summed E-state index contributed by atoms with van der Waals surface area (Å²) in [5.41, 5.74) is 8.93. The van der Waals surface area contributed by atoms with Gasteiger partial charge in [0.25, 0.3) is 5.91 Å². The van der Waals surface area contributed by atoms with Gasteiger partial charge in [0.15, 0.2) is 5.82 Å². The molecule has 0 aliphatic carbocycles. The highest BCUT2D eigenvalue weighted by Crippen LogP contribution is 2.10. The summed E-state index contributed by atoms with van der Waals surface area (Å²) >= 11 is 0. The number of nitrogens with one attached hydrogen (secondary N) is 4. The second kappa shape index (κ2) is 11.3. The lowest BCUT2D eigenvalue weighted by molar-refractivity contribution is -0.122. The maximum Gasteiger partial charge on any atom is 0.253 e. The first-order valence-corrected chi connectivity index (χ1v) is 9.24. The molecule has 9 heteroatoms. The molecule has 0 saturated heterocycles. The van der Waals surface area contributed by atoms with Crippen molar-refractivity contribution in [3.8, 4) is 0 Å². The number of amides is 2. The normalized spacial score (nSPS) is 11.2. The van der Waals surface area contributed by atoms with Crippen LogP contribution in [0.3, 0.4) is 0 Å². The van der Waals surface area contributed by atoms with E-state index < -0.39 is 11.9 Å². The van der Waals surface area contributed by atoms with Crippen molar-refractivity contribution in [1.29, 1.82) is 5.53 Å². The fraction of sp³-hybridized carbons (Fsp3) is 0.300. The number of nitrogens with zero attached hydrogens (tertiary/aromatic N) is 3. The first-order valence-electron chi connectivity index (χ1n) is 9.24. The topological polar surface area (TPSA) is 132 Å². The molecule has 4 N–H and O–H groups in total. The van der Waals surface area contributed by atoms with Crippen molar-refractivity contribution < 1.29 is 9.59 Å². The lowest BCUT2D eigenvalue weighted by atomic mass is 10.1. The van der Waals surface area contributed by atoms with E-state index in [1.54, 1.807) is 12.4 Å². The van der Waals surface area contributed by atoms with E-state index in [-0.39, 0.29) is 11.7 Å². The number of likely N-dealkylation sites (N-methyl/N-ethyl adjacent to an activating group) is 1. The van der Waals surface area contributed by atoms with E-state index >= 15 is 0 Å². The molecule has 9 nitrogen and oxygen atoms in total. The molecule has 2 aromatic rings. The number of carbonyl (C=O) groups excluding carboxylic acids is 2. The fourth-order valence-electron chi connectivity index (χ4n) is 2.63. The third-order valence-corrected chi connectivity index (χ3v) is 4.26. The van der Waals surface area contributed by atoms with Gasteiger partial charge in [-0.1, -0.05) is 6.58 Å². The third-order valence-electron chi connectivity index (χ3n) is 4.26. The van der Waals surface area contributed by atoms with Gasteiger partial charge in [0, 0.05) is 43.4 Å². The van der Waals surface area contributed by atoms with Crippen LogP contribution < -0.4 is 16.0 Å². The van der Waals surface area contributed by atoms with E-state index in [9.17, 15) is 9.59 Å². The van der Waals surface area contributed by atoms with Crippen molar-refractivity contribution in [3.05, 3.63) is 60.6 Å². The molecule has 29 heavy (non-hydrogen) atoms. The average molecular weight is 395 g/mol. The quantitative estimate of drug-likeness (QED) is 0.343. The zero-order valence-electron chi connectivity index (χ0n) is 16.3. The molecule has 0 aliphatic heterocycles. The predicted molar refractivity (Wildman–Crippen MR) is 109 cm³/mol. The number of rotatable bonds is 11. The molecule has 152 valence electrons. The van der Waals surface area contributed by atoms with E-state index in [0.29, 0.717) is 18.5 Å². The minimum absolute atomic E-state index is 0.213. The van der Waals surface area contributed by atoms with Crippen molar-refractivity contribution >= 4 is 23.3 Å². The molecule has 2 aromatic heterocycles. The monoisotopic (exact) mass is 395 g/mol. The van der Waals surface area contributed by atoms with E-state index in [1.807, 2.05) is 12.1 Å². The summed E-state index contributed by atoms with van der Waals surface area (Å²) in [6.45, 7) is 4.69. The molecule has 1 atom stereocenters. The molecule has 2 heterocycles. The van der Waals surface area contributed by atoms with Crippen molar-refractivity contribution in [2.45, 2.75) is 25.3 Å². The lowest BCUT2D eigenvalue weighted by Crippen LogP contribution is -2.45. The molecular weight excluding hydrogens is 370 g/mol. The molecule has 0 bridgehead atoms. The van der Waals surface area contributed by atoms with Crippen LogP contribution in [0.15, 0.2) is 54.5 Å². The Kier molecular flexibility index (Phi) is 8.43. The van der Waals surface area contributed by atoms with Gasteiger partial charge in [-0.2, -0.15) is 0 Å². The van der Waals surface area contributed by atoms with Crippen LogP contribution in [-0.4, -0.2) is 41.4 Å². The molecule has 1 unspecified atom stereocenters. The molecule has 0 aliphatic rings. The third kappa shape index (κ3) is 6.80. The Morgan fingerprint density at radius 3 is 2.66 bits per heavy atom. The Bertz CT molecular complexity index is 838. The van der Waals surface area contributed by atoms with Gasteiger partial charge in [0.05, 0.1) is 5.56 Å². The number of hydrogen-bond acceptors (Lipinski definition) is 7. The van der Waals surface area contributed by atoms with Crippen LogP contribution in [0.4, 0.5) is 5.82 Å². The van der Waals surface area contributed by atoms with Gasteiger partial charge in [0.2, 0.25) is 5.91 Å². The molecule has 2 rings (SSSR count). The zero-order chi connectivity index (χ0) is 21.1. The van der Waals surface area contributed by atoms with E-state index in [1.165, 1.54) is 25.4 Å². The molecule has 0 fully saturated rings. The highest BCUT2D eigenvalue weighted by Gasteiger charge is 2.20. The van der Waals surface area contributed by atoms with E-state index in [2.05, 4.69) is 37.6 Å². The van der Waals surface area contributed by atoms with Crippen LogP contribution in [0.5, 0.6) is 0 Å². The van der Waals surface area contributed by atoms with Gasteiger partial charge in [-0.3, -0.25) is 14.6 Å². The minimum Gasteiger partial charge on any atom is -0.385 e. The van der Waals surface area contributed by atoms with Crippen LogP contribution in [0.25, 0.3) is 5.70 Å². The Morgan fingerprint density at radius 1 is 1.21 bits per heavy atom. The molecule has 0 aromatic carbocycles. The molecule has 0 saturated carbocycles. The number of hydrogen-bond donors (Lipinski definition) is 4. The highest BCUT2D eigenvalue weighted by molar-refractivity contribution is 5.97. The minimum atomic E-state index is -0.644. The Labute approximate surface area is 169 Å². The summed E-state index contributed by atoms with van der Waals surface area (Å²) in [7, 11) is 1.53. The predicted octanol–water partition coefficient (Wildman–Crippen LogP) is 2.41. The van der Waals surface area contributed by atoms with Gasteiger partial charge < -0.3 is 16.0 Å². The second-order valence-corrected chi connectivity index (χ2v) is 6.30. The number of aromatic nitrogens is 2. The first kappa shape index (κ1) is 21.7. The van der Waals surface area contributed by atoms with Crippen molar-refractivity contribution in [3.63, 3.8) is 0 Å².